The van der Waals surface area contributed by atoms with E-state index in [1.54, 1.807) is 11.3 Å². The van der Waals surface area contributed by atoms with Crippen LogP contribution in [0.5, 0.6) is 0 Å². The third-order valence-electron chi connectivity index (χ3n) is 1.67. The van der Waals surface area contributed by atoms with Crippen LogP contribution in [0.25, 0.3) is 0 Å². The highest BCUT2D eigenvalue weighted by Crippen LogP contribution is 2.22. The molecule has 0 aromatic carbocycles. The summed E-state index contributed by atoms with van der Waals surface area (Å²) < 4.78 is 0.921. The van der Waals surface area contributed by atoms with Gasteiger partial charge in [-0.25, -0.2) is 4.98 Å². The zero-order chi connectivity index (χ0) is 9.84. The Hall–Kier alpha value is -0.130. The first-order valence-electron chi connectivity index (χ1n) is 4.06. The lowest BCUT2D eigenvalue weighted by atomic mass is 10.5. The van der Waals surface area contributed by atoms with Crippen molar-refractivity contribution in [1.29, 1.82) is 0 Å². The van der Waals surface area contributed by atoms with Gasteiger partial charge >= 0.3 is 0 Å². The predicted octanol–water partition coefficient (Wildman–Crippen LogP) is 1.90. The molecule has 0 bridgehead atoms. The molecular formula is C8H14BrN3S. The summed E-state index contributed by atoms with van der Waals surface area (Å²) in [4.78, 5) is 8.66. The van der Waals surface area contributed by atoms with Crippen molar-refractivity contribution in [2.75, 3.05) is 39.1 Å². The molecular weight excluding hydrogens is 250 g/mol. The Morgan fingerprint density at radius 3 is 2.54 bits per heavy atom. The van der Waals surface area contributed by atoms with Crippen molar-refractivity contribution >= 4 is 32.4 Å². The third kappa shape index (κ3) is 3.62. The molecule has 0 saturated carbocycles. The number of nitrogens with zero attached hydrogens (tertiary/aromatic N) is 3. The summed E-state index contributed by atoms with van der Waals surface area (Å²) in [6, 6.07) is 0. The number of hydrogen-bond acceptors (Lipinski definition) is 4. The molecule has 3 nitrogen and oxygen atoms in total. The molecule has 0 aliphatic rings. The van der Waals surface area contributed by atoms with E-state index >= 15 is 0 Å². The van der Waals surface area contributed by atoms with Crippen LogP contribution < -0.4 is 4.90 Å². The van der Waals surface area contributed by atoms with Gasteiger partial charge in [0.15, 0.2) is 5.13 Å². The summed E-state index contributed by atoms with van der Waals surface area (Å²) in [5.41, 5.74) is 0. The number of hydrogen-bond donors (Lipinski definition) is 0. The Labute approximate surface area is 91.5 Å². The van der Waals surface area contributed by atoms with E-state index in [-0.39, 0.29) is 0 Å². The van der Waals surface area contributed by atoms with Gasteiger partial charge in [-0.1, -0.05) is 0 Å². The average Bonchev–Trinajstić information content (AvgIpc) is 2.47. The second-order valence-corrected chi connectivity index (χ2v) is 4.83. The summed E-state index contributed by atoms with van der Waals surface area (Å²) in [5.74, 6) is 0. The summed E-state index contributed by atoms with van der Waals surface area (Å²) in [6.07, 6.45) is 0. The first-order chi connectivity index (χ1) is 6.09. The lowest BCUT2D eigenvalue weighted by molar-refractivity contribution is 0.416. The molecule has 0 N–H and O–H groups in total. The number of halogens is 1. The largest absolute Gasteiger partial charge is 0.350 e. The quantitative estimate of drug-likeness (QED) is 0.828. The fourth-order valence-corrected chi connectivity index (χ4v) is 2.11. The van der Waals surface area contributed by atoms with Crippen molar-refractivity contribution in [3.8, 4) is 0 Å². The van der Waals surface area contributed by atoms with E-state index in [2.05, 4.69) is 51.9 Å². The Morgan fingerprint density at radius 1 is 1.38 bits per heavy atom. The van der Waals surface area contributed by atoms with Gasteiger partial charge in [-0.2, -0.15) is 0 Å². The highest BCUT2D eigenvalue weighted by molar-refractivity contribution is 9.10. The molecule has 0 aliphatic carbocycles. The van der Waals surface area contributed by atoms with E-state index in [4.69, 9.17) is 0 Å². The van der Waals surface area contributed by atoms with Crippen LogP contribution in [0.2, 0.25) is 0 Å². The predicted molar refractivity (Wildman–Crippen MR) is 61.6 cm³/mol. The van der Waals surface area contributed by atoms with Crippen LogP contribution in [-0.4, -0.2) is 44.1 Å². The second kappa shape index (κ2) is 4.93. The first kappa shape index (κ1) is 10.9. The van der Waals surface area contributed by atoms with E-state index in [1.165, 1.54) is 0 Å². The van der Waals surface area contributed by atoms with Gasteiger partial charge in [0.2, 0.25) is 0 Å². The molecule has 74 valence electrons. The highest BCUT2D eigenvalue weighted by atomic mass is 79.9. The molecule has 0 radical (unpaired) electrons. The van der Waals surface area contributed by atoms with Crippen molar-refractivity contribution in [2.24, 2.45) is 0 Å². The lowest BCUT2D eigenvalue weighted by Crippen LogP contribution is -2.28. The summed E-state index contributed by atoms with van der Waals surface area (Å²) in [7, 11) is 6.21. The number of thiazole rings is 1. The molecule has 0 aliphatic heterocycles. The van der Waals surface area contributed by atoms with Gasteiger partial charge in [0.1, 0.15) is 4.60 Å². The van der Waals surface area contributed by atoms with Crippen molar-refractivity contribution in [1.82, 2.24) is 9.88 Å². The maximum atomic E-state index is 4.33. The van der Waals surface area contributed by atoms with Crippen LogP contribution in [0.1, 0.15) is 0 Å². The Balaban J connectivity index is 2.44. The van der Waals surface area contributed by atoms with Gasteiger partial charge in [-0.05, 0) is 30.0 Å². The number of likely N-dealkylation sites (N-methyl/N-ethyl adjacent to an activating group) is 2. The minimum absolute atomic E-state index is 0.921. The smallest absolute Gasteiger partial charge is 0.186 e. The van der Waals surface area contributed by atoms with Crippen molar-refractivity contribution < 1.29 is 0 Å². The molecule has 1 heterocycles. The van der Waals surface area contributed by atoms with E-state index in [0.29, 0.717) is 0 Å². The molecule has 1 rings (SSSR count). The summed E-state index contributed by atoms with van der Waals surface area (Å²) >= 11 is 5.00. The van der Waals surface area contributed by atoms with Gasteiger partial charge in [0.05, 0.1) is 0 Å². The second-order valence-electron chi connectivity index (χ2n) is 3.18. The molecule has 0 fully saturated rings. The standard InChI is InChI=1S/C8H14BrN3S/c1-11(2)4-5-12(3)8-10-7(9)6-13-8/h6H,4-5H2,1-3H3. The molecule has 0 spiro atoms. The van der Waals surface area contributed by atoms with Gasteiger partial charge < -0.3 is 9.80 Å². The number of anilines is 1. The molecule has 13 heavy (non-hydrogen) atoms. The first-order valence-corrected chi connectivity index (χ1v) is 5.74. The maximum Gasteiger partial charge on any atom is 0.186 e. The minimum atomic E-state index is 0.921. The van der Waals surface area contributed by atoms with Gasteiger partial charge in [-0.3, -0.25) is 0 Å². The Morgan fingerprint density at radius 2 is 2.08 bits per heavy atom. The molecule has 0 atom stereocenters. The highest BCUT2D eigenvalue weighted by Gasteiger charge is 2.05. The molecule has 0 unspecified atom stereocenters. The molecule has 0 amide bonds. The molecule has 1 aromatic heterocycles. The van der Waals surface area contributed by atoms with Crippen LogP contribution in [0, 0.1) is 0 Å². The van der Waals surface area contributed by atoms with Gasteiger partial charge in [-0.15, -0.1) is 11.3 Å². The van der Waals surface area contributed by atoms with Gasteiger partial charge in [0.25, 0.3) is 0 Å². The average molecular weight is 264 g/mol. The monoisotopic (exact) mass is 263 g/mol. The van der Waals surface area contributed by atoms with E-state index < -0.39 is 0 Å². The summed E-state index contributed by atoms with van der Waals surface area (Å²) in [6.45, 7) is 2.06. The number of aromatic nitrogens is 1. The Kier molecular flexibility index (Phi) is 4.15. The van der Waals surface area contributed by atoms with Crippen LogP contribution in [0.4, 0.5) is 5.13 Å². The van der Waals surface area contributed by atoms with E-state index in [9.17, 15) is 0 Å². The van der Waals surface area contributed by atoms with Crippen molar-refractivity contribution in [3.63, 3.8) is 0 Å². The van der Waals surface area contributed by atoms with Crippen LogP contribution in [0.3, 0.4) is 0 Å². The topological polar surface area (TPSA) is 19.4 Å². The van der Waals surface area contributed by atoms with E-state index in [1.807, 2.05) is 5.38 Å². The van der Waals surface area contributed by atoms with Gasteiger partial charge in [0, 0.05) is 25.5 Å². The fraction of sp³-hybridized carbons (Fsp3) is 0.625. The van der Waals surface area contributed by atoms with Crippen LogP contribution in [-0.2, 0) is 0 Å². The lowest BCUT2D eigenvalue weighted by Gasteiger charge is -2.18. The SMILES string of the molecule is CN(C)CCN(C)c1nc(Br)cs1. The summed E-state index contributed by atoms with van der Waals surface area (Å²) in [5, 5.41) is 3.07. The zero-order valence-corrected chi connectivity index (χ0v) is 10.5. The van der Waals surface area contributed by atoms with Crippen molar-refractivity contribution in [2.45, 2.75) is 0 Å². The number of rotatable bonds is 4. The van der Waals surface area contributed by atoms with Crippen molar-refractivity contribution in [3.05, 3.63) is 9.98 Å². The van der Waals surface area contributed by atoms with E-state index in [0.717, 1.165) is 22.8 Å². The molecule has 5 heteroatoms. The minimum Gasteiger partial charge on any atom is -0.350 e. The normalized spacial score (nSPS) is 10.8. The van der Waals surface area contributed by atoms with Crippen LogP contribution in [0.15, 0.2) is 9.98 Å². The van der Waals surface area contributed by atoms with Crippen LogP contribution >= 0.6 is 27.3 Å². The maximum absolute atomic E-state index is 4.33. The fourth-order valence-electron chi connectivity index (χ4n) is 0.866. The third-order valence-corrected chi connectivity index (χ3v) is 3.34. The molecule has 0 saturated heterocycles. The zero-order valence-electron chi connectivity index (χ0n) is 8.12. The molecule has 1 aromatic rings. The Bertz CT molecular complexity index is 262.